The summed E-state index contributed by atoms with van der Waals surface area (Å²) in [6, 6.07) is 16.8. The molecular weight excluding hydrogens is 402 g/mol. The van der Waals surface area contributed by atoms with Crippen LogP contribution in [-0.4, -0.2) is 28.3 Å². The first-order valence-electron chi connectivity index (χ1n) is 9.46. The molecule has 0 atom stereocenters. The third kappa shape index (κ3) is 5.25. The van der Waals surface area contributed by atoms with E-state index < -0.39 is 0 Å². The standard InChI is InChI=1S/C22H21N3O2S2/c26-20(8-9-21-24-22(25-27-21)18-10-12-28-15-18)23-11-13-29-14-17-6-3-5-16-4-1-2-7-19(16)17/h1-7,10,12,15H,8-9,11,13-14H2,(H,23,26). The molecule has 0 spiro atoms. The topological polar surface area (TPSA) is 68.0 Å². The van der Waals surface area contributed by atoms with Crippen LogP contribution in [0.15, 0.2) is 63.8 Å². The van der Waals surface area contributed by atoms with Gasteiger partial charge in [-0.1, -0.05) is 47.6 Å². The van der Waals surface area contributed by atoms with Crippen LogP contribution in [0.2, 0.25) is 0 Å². The number of carbonyl (C=O) groups excluding carboxylic acids is 1. The molecule has 2 heterocycles. The molecule has 0 aliphatic heterocycles. The second kappa shape index (κ2) is 9.71. The van der Waals surface area contributed by atoms with Crippen molar-refractivity contribution in [2.24, 2.45) is 0 Å². The number of aromatic nitrogens is 2. The highest BCUT2D eigenvalue weighted by Crippen LogP contribution is 2.22. The van der Waals surface area contributed by atoms with Crippen LogP contribution < -0.4 is 5.32 Å². The molecule has 4 rings (SSSR count). The number of nitrogens with zero attached hydrogens (tertiary/aromatic N) is 2. The van der Waals surface area contributed by atoms with Gasteiger partial charge in [-0.15, -0.1) is 0 Å². The van der Waals surface area contributed by atoms with E-state index in [1.54, 1.807) is 11.3 Å². The van der Waals surface area contributed by atoms with Crippen LogP contribution in [0, 0.1) is 0 Å². The molecule has 0 saturated heterocycles. The molecule has 0 saturated carbocycles. The molecule has 29 heavy (non-hydrogen) atoms. The van der Waals surface area contributed by atoms with E-state index in [0.717, 1.165) is 17.1 Å². The summed E-state index contributed by atoms with van der Waals surface area (Å²) < 4.78 is 5.23. The fourth-order valence-electron chi connectivity index (χ4n) is 3.04. The molecular formula is C22H21N3O2S2. The highest BCUT2D eigenvalue weighted by molar-refractivity contribution is 7.98. The van der Waals surface area contributed by atoms with Crippen molar-refractivity contribution >= 4 is 39.8 Å². The zero-order chi connectivity index (χ0) is 19.9. The predicted molar refractivity (Wildman–Crippen MR) is 119 cm³/mol. The highest BCUT2D eigenvalue weighted by atomic mass is 32.2. The fraction of sp³-hybridized carbons (Fsp3) is 0.227. The van der Waals surface area contributed by atoms with Gasteiger partial charge in [0.2, 0.25) is 17.6 Å². The second-order valence-corrected chi connectivity index (χ2v) is 8.45. The lowest BCUT2D eigenvalue weighted by Crippen LogP contribution is -2.26. The number of hydrogen-bond donors (Lipinski definition) is 1. The van der Waals surface area contributed by atoms with Gasteiger partial charge in [0.05, 0.1) is 0 Å². The first-order valence-corrected chi connectivity index (χ1v) is 11.6. The third-order valence-corrected chi connectivity index (χ3v) is 6.21. The van der Waals surface area contributed by atoms with Crippen molar-refractivity contribution in [2.75, 3.05) is 12.3 Å². The van der Waals surface area contributed by atoms with Gasteiger partial charge >= 0.3 is 0 Å². The number of carbonyl (C=O) groups is 1. The van der Waals surface area contributed by atoms with Crippen LogP contribution in [-0.2, 0) is 17.0 Å². The summed E-state index contributed by atoms with van der Waals surface area (Å²) in [7, 11) is 0. The first kappa shape index (κ1) is 19.7. The Balaban J connectivity index is 1.16. The zero-order valence-electron chi connectivity index (χ0n) is 15.8. The Morgan fingerprint density at radius 3 is 2.93 bits per heavy atom. The Bertz CT molecular complexity index is 1070. The summed E-state index contributed by atoms with van der Waals surface area (Å²) in [4.78, 5) is 16.4. The number of thioether (sulfide) groups is 1. The Morgan fingerprint density at radius 1 is 1.14 bits per heavy atom. The summed E-state index contributed by atoms with van der Waals surface area (Å²) in [6.07, 6.45) is 0.797. The Morgan fingerprint density at radius 2 is 2.03 bits per heavy atom. The van der Waals surface area contributed by atoms with Crippen molar-refractivity contribution in [1.29, 1.82) is 0 Å². The van der Waals surface area contributed by atoms with Crippen LogP contribution >= 0.6 is 23.1 Å². The van der Waals surface area contributed by atoms with Crippen molar-refractivity contribution in [3.8, 4) is 11.4 Å². The number of amides is 1. The number of hydrogen-bond acceptors (Lipinski definition) is 6. The maximum atomic E-state index is 12.1. The average Bonchev–Trinajstić information content (AvgIpc) is 3.44. The van der Waals surface area contributed by atoms with Crippen molar-refractivity contribution in [2.45, 2.75) is 18.6 Å². The van der Waals surface area contributed by atoms with E-state index in [1.165, 1.54) is 16.3 Å². The Kier molecular flexibility index (Phi) is 6.59. The van der Waals surface area contributed by atoms with Crippen molar-refractivity contribution in [3.63, 3.8) is 0 Å². The monoisotopic (exact) mass is 423 g/mol. The maximum absolute atomic E-state index is 12.1. The SMILES string of the molecule is O=C(CCc1nc(-c2ccsc2)no1)NCCSCc1cccc2ccccc12. The summed E-state index contributed by atoms with van der Waals surface area (Å²) >= 11 is 3.41. The summed E-state index contributed by atoms with van der Waals surface area (Å²) in [6.45, 7) is 0.651. The molecule has 0 aliphatic carbocycles. The van der Waals surface area contributed by atoms with Crippen LogP contribution in [0.3, 0.4) is 0 Å². The largest absolute Gasteiger partial charge is 0.355 e. The molecule has 148 valence electrons. The molecule has 0 bridgehead atoms. The third-order valence-electron chi connectivity index (χ3n) is 4.52. The van der Waals surface area contributed by atoms with Gasteiger partial charge in [-0.2, -0.15) is 28.1 Å². The van der Waals surface area contributed by atoms with E-state index in [4.69, 9.17) is 4.52 Å². The van der Waals surface area contributed by atoms with Gasteiger partial charge in [0.25, 0.3) is 0 Å². The summed E-state index contributed by atoms with van der Waals surface area (Å²) in [5, 5.41) is 13.4. The second-order valence-electron chi connectivity index (χ2n) is 6.56. The van der Waals surface area contributed by atoms with Crippen LogP contribution in [0.4, 0.5) is 0 Å². The van der Waals surface area contributed by atoms with Crippen molar-refractivity contribution in [3.05, 3.63) is 70.7 Å². The quantitative estimate of drug-likeness (QED) is 0.387. The number of benzene rings is 2. The molecule has 2 aromatic carbocycles. The molecule has 0 unspecified atom stereocenters. The van der Waals surface area contributed by atoms with Crippen LogP contribution in [0.5, 0.6) is 0 Å². The lowest BCUT2D eigenvalue weighted by Gasteiger charge is -2.07. The van der Waals surface area contributed by atoms with Crippen molar-refractivity contribution < 1.29 is 9.32 Å². The smallest absolute Gasteiger partial charge is 0.227 e. The first-order chi connectivity index (χ1) is 14.3. The van der Waals surface area contributed by atoms with E-state index in [2.05, 4.69) is 57.9 Å². The van der Waals surface area contributed by atoms with Gasteiger partial charge in [-0.25, -0.2) is 0 Å². The lowest BCUT2D eigenvalue weighted by atomic mass is 10.1. The van der Waals surface area contributed by atoms with E-state index in [0.29, 0.717) is 31.1 Å². The lowest BCUT2D eigenvalue weighted by molar-refractivity contribution is -0.121. The Labute approximate surface area is 177 Å². The van der Waals surface area contributed by atoms with E-state index in [9.17, 15) is 4.79 Å². The van der Waals surface area contributed by atoms with Crippen LogP contribution in [0.1, 0.15) is 17.9 Å². The van der Waals surface area contributed by atoms with Crippen LogP contribution in [0.25, 0.3) is 22.2 Å². The molecule has 2 aromatic heterocycles. The predicted octanol–water partition coefficient (Wildman–Crippen LogP) is 4.93. The molecule has 1 N–H and O–H groups in total. The molecule has 5 nitrogen and oxygen atoms in total. The Hall–Kier alpha value is -2.64. The number of thiophene rings is 1. The number of aryl methyl sites for hydroxylation is 1. The minimum atomic E-state index is 0.00560. The summed E-state index contributed by atoms with van der Waals surface area (Å²) in [5.74, 6) is 2.88. The fourth-order valence-corrected chi connectivity index (χ4v) is 4.53. The average molecular weight is 424 g/mol. The number of nitrogens with one attached hydrogen (secondary N) is 1. The molecule has 0 fully saturated rings. The normalized spacial score (nSPS) is 11.0. The molecule has 4 aromatic rings. The summed E-state index contributed by atoms with van der Waals surface area (Å²) in [5.41, 5.74) is 2.27. The molecule has 0 radical (unpaired) electrons. The number of fused-ring (bicyclic) bond motifs is 1. The van der Waals surface area contributed by atoms with E-state index >= 15 is 0 Å². The minimum Gasteiger partial charge on any atom is -0.355 e. The minimum absolute atomic E-state index is 0.00560. The highest BCUT2D eigenvalue weighted by Gasteiger charge is 2.10. The van der Waals surface area contributed by atoms with E-state index in [-0.39, 0.29) is 5.91 Å². The van der Waals surface area contributed by atoms with Gasteiger partial charge in [0.1, 0.15) is 0 Å². The van der Waals surface area contributed by atoms with Gasteiger partial charge in [0, 0.05) is 41.8 Å². The zero-order valence-corrected chi connectivity index (χ0v) is 17.5. The van der Waals surface area contributed by atoms with Gasteiger partial charge in [-0.05, 0) is 27.8 Å². The molecule has 7 heteroatoms. The maximum Gasteiger partial charge on any atom is 0.227 e. The molecule has 1 amide bonds. The van der Waals surface area contributed by atoms with E-state index in [1.807, 2.05) is 28.6 Å². The van der Waals surface area contributed by atoms with Gasteiger partial charge in [-0.3, -0.25) is 4.79 Å². The van der Waals surface area contributed by atoms with Gasteiger partial charge in [0.15, 0.2) is 0 Å². The van der Waals surface area contributed by atoms with Crippen molar-refractivity contribution in [1.82, 2.24) is 15.5 Å². The molecule has 0 aliphatic rings. The van der Waals surface area contributed by atoms with Gasteiger partial charge < -0.3 is 9.84 Å². The number of rotatable bonds is 9.